The van der Waals surface area contributed by atoms with Crippen LogP contribution in [0.4, 0.5) is 4.79 Å². The Morgan fingerprint density at radius 2 is 1.87 bits per heavy atom. The number of fused-ring (bicyclic) bond motifs is 6. The van der Waals surface area contributed by atoms with E-state index in [1.54, 1.807) is 0 Å². The molecule has 4 N–H and O–H groups in total. The number of urea groups is 1. The minimum Gasteiger partial charge on any atom is -0.323 e. The third kappa shape index (κ3) is 7.63. The van der Waals surface area contributed by atoms with Crippen molar-refractivity contribution in [2.24, 2.45) is 17.3 Å². The summed E-state index contributed by atoms with van der Waals surface area (Å²) >= 11 is 1.90. The Morgan fingerprint density at radius 3 is 2.69 bits per heavy atom. The molecule has 39 heavy (non-hydrogen) atoms. The molecular weight excluding hydrogens is 506 g/mol. The number of rotatable bonds is 4. The maximum Gasteiger partial charge on any atom is 0.321 e. The Bertz CT molecular complexity index is 820. The first kappa shape index (κ1) is 29.9. The van der Waals surface area contributed by atoms with Gasteiger partial charge >= 0.3 is 6.03 Å². The summed E-state index contributed by atoms with van der Waals surface area (Å²) in [6, 6.07) is 0.245. The molecule has 5 fully saturated rings. The molecule has 2 amide bonds. The van der Waals surface area contributed by atoms with Crippen LogP contribution in [0.2, 0.25) is 0 Å². The number of nitrogens with one attached hydrogen (secondary N) is 4. The minimum atomic E-state index is 0.140. The highest BCUT2D eigenvalue weighted by Gasteiger charge is 2.47. The van der Waals surface area contributed by atoms with Crippen molar-refractivity contribution in [2.45, 2.75) is 128 Å². The second-order valence-electron chi connectivity index (χ2n) is 14.8. The number of carbonyl (C=O) groups is 1. The van der Waals surface area contributed by atoms with Gasteiger partial charge in [0.2, 0.25) is 0 Å². The maximum absolute atomic E-state index is 13.5. The number of piperidine rings is 2. The number of hydrogen-bond acceptors (Lipinski definition) is 7. The average molecular weight is 564 g/mol. The summed E-state index contributed by atoms with van der Waals surface area (Å²) < 4.78 is 3.80. The second-order valence-corrected chi connectivity index (χ2v) is 15.9. The maximum atomic E-state index is 13.5. The molecule has 224 valence electrons. The summed E-state index contributed by atoms with van der Waals surface area (Å²) in [5, 5.41) is 12.2. The molecule has 0 saturated carbocycles. The van der Waals surface area contributed by atoms with Crippen molar-refractivity contribution in [3.8, 4) is 0 Å². The van der Waals surface area contributed by atoms with Gasteiger partial charge in [-0.25, -0.2) is 4.79 Å². The van der Waals surface area contributed by atoms with E-state index in [0.717, 1.165) is 70.9 Å². The Morgan fingerprint density at radius 1 is 1.03 bits per heavy atom. The van der Waals surface area contributed by atoms with E-state index in [2.05, 4.69) is 70.0 Å². The van der Waals surface area contributed by atoms with Crippen LogP contribution in [0.5, 0.6) is 0 Å². The molecule has 0 aromatic heterocycles. The molecule has 0 aliphatic carbocycles. The molecule has 4 bridgehead atoms. The fraction of sp³-hybridized carbons (Fsp3) is 0.967. The molecule has 7 atom stereocenters. The van der Waals surface area contributed by atoms with Crippen molar-refractivity contribution in [2.75, 3.05) is 39.3 Å². The fourth-order valence-electron chi connectivity index (χ4n) is 7.82. The van der Waals surface area contributed by atoms with E-state index in [1.165, 1.54) is 38.5 Å². The Balaban J connectivity index is 1.26. The molecular formula is C30H57N7OS. The van der Waals surface area contributed by atoms with E-state index in [9.17, 15) is 4.79 Å². The fourth-order valence-corrected chi connectivity index (χ4v) is 8.85. The molecule has 8 nitrogen and oxygen atoms in total. The molecule has 9 heteroatoms. The summed E-state index contributed by atoms with van der Waals surface area (Å²) in [4.78, 5) is 20.5. The highest BCUT2D eigenvalue weighted by atomic mass is 32.2. The highest BCUT2D eigenvalue weighted by molar-refractivity contribution is 7.98. The topological polar surface area (TPSA) is 74.9 Å². The first-order valence-electron chi connectivity index (χ1n) is 16.1. The molecule has 5 heterocycles. The van der Waals surface area contributed by atoms with Crippen molar-refractivity contribution in [1.82, 2.24) is 35.4 Å². The zero-order chi connectivity index (χ0) is 27.6. The van der Waals surface area contributed by atoms with Gasteiger partial charge in [-0.3, -0.25) is 20.3 Å². The summed E-state index contributed by atoms with van der Waals surface area (Å²) in [6.07, 6.45) is 12.9. The van der Waals surface area contributed by atoms with Crippen LogP contribution in [0.1, 0.15) is 98.8 Å². The minimum absolute atomic E-state index is 0.140. The van der Waals surface area contributed by atoms with Gasteiger partial charge in [0.15, 0.2) is 0 Å². The van der Waals surface area contributed by atoms with Crippen molar-refractivity contribution < 1.29 is 4.79 Å². The van der Waals surface area contributed by atoms with Gasteiger partial charge < -0.3 is 15.1 Å². The molecule has 0 aromatic rings. The quantitative estimate of drug-likeness (QED) is 0.379. The predicted molar refractivity (Wildman–Crippen MR) is 162 cm³/mol. The molecule has 5 aliphatic rings. The van der Waals surface area contributed by atoms with Gasteiger partial charge in [0.25, 0.3) is 0 Å². The van der Waals surface area contributed by atoms with E-state index in [4.69, 9.17) is 0 Å². The van der Waals surface area contributed by atoms with Gasteiger partial charge in [-0.05, 0) is 95.9 Å². The molecule has 0 spiro atoms. The van der Waals surface area contributed by atoms with Gasteiger partial charge in [0.1, 0.15) is 0 Å². The van der Waals surface area contributed by atoms with Gasteiger partial charge in [0.05, 0.1) is 23.9 Å². The number of nitrogens with zero attached hydrogens (tertiary/aromatic N) is 3. The van der Waals surface area contributed by atoms with Crippen molar-refractivity contribution in [3.05, 3.63) is 0 Å². The van der Waals surface area contributed by atoms with Crippen LogP contribution in [0.25, 0.3) is 0 Å². The van der Waals surface area contributed by atoms with Gasteiger partial charge in [-0.2, -0.15) is 0 Å². The lowest BCUT2D eigenvalue weighted by atomic mass is 9.90. The van der Waals surface area contributed by atoms with Gasteiger partial charge in [-0.1, -0.05) is 32.7 Å². The van der Waals surface area contributed by atoms with Crippen LogP contribution in [0.15, 0.2) is 0 Å². The van der Waals surface area contributed by atoms with E-state index >= 15 is 0 Å². The van der Waals surface area contributed by atoms with Crippen molar-refractivity contribution in [1.29, 1.82) is 0 Å². The first-order valence-corrected chi connectivity index (χ1v) is 16.9. The van der Waals surface area contributed by atoms with Crippen LogP contribution < -0.4 is 20.7 Å². The SMILES string of the molecule is CC(C)(C)CCCN1CCN(C2CCC3CNSC4CCCC(NCCC[C@@H]5CN(C3N2)C(C)(C)C5)N4)C1=O. The van der Waals surface area contributed by atoms with Crippen LogP contribution in [0, 0.1) is 17.3 Å². The largest absolute Gasteiger partial charge is 0.323 e. The lowest BCUT2D eigenvalue weighted by Crippen LogP contribution is -2.65. The number of hydrogen-bond donors (Lipinski definition) is 4. The van der Waals surface area contributed by atoms with Crippen LogP contribution in [-0.4, -0.2) is 89.4 Å². The zero-order valence-electron chi connectivity index (χ0n) is 25.4. The Kier molecular flexibility index (Phi) is 9.77. The Labute approximate surface area is 242 Å². The van der Waals surface area contributed by atoms with E-state index in [0.29, 0.717) is 29.0 Å². The van der Waals surface area contributed by atoms with Crippen molar-refractivity contribution in [3.63, 3.8) is 0 Å². The van der Waals surface area contributed by atoms with Crippen LogP contribution in [0.3, 0.4) is 0 Å². The third-order valence-corrected chi connectivity index (χ3v) is 10.9. The lowest BCUT2D eigenvalue weighted by Gasteiger charge is -2.48. The first-order chi connectivity index (χ1) is 18.6. The molecule has 6 unspecified atom stereocenters. The summed E-state index contributed by atoms with van der Waals surface area (Å²) in [5.41, 5.74) is 0.498. The summed E-state index contributed by atoms with van der Waals surface area (Å²) in [6.45, 7) is 17.7. The van der Waals surface area contributed by atoms with Crippen molar-refractivity contribution >= 4 is 18.0 Å². The van der Waals surface area contributed by atoms with Gasteiger partial charge in [0, 0.05) is 44.2 Å². The van der Waals surface area contributed by atoms with Crippen LogP contribution in [-0.2, 0) is 0 Å². The number of carbonyl (C=O) groups excluding carboxylic acids is 1. The smallest absolute Gasteiger partial charge is 0.321 e. The summed E-state index contributed by atoms with van der Waals surface area (Å²) in [7, 11) is 0. The zero-order valence-corrected chi connectivity index (χ0v) is 26.3. The predicted octanol–water partition coefficient (Wildman–Crippen LogP) is 4.35. The molecule has 0 aromatic carbocycles. The second kappa shape index (κ2) is 12.7. The van der Waals surface area contributed by atoms with E-state index < -0.39 is 0 Å². The van der Waals surface area contributed by atoms with Crippen LogP contribution >= 0.6 is 11.9 Å². The summed E-state index contributed by atoms with van der Waals surface area (Å²) in [5.74, 6) is 1.28. The number of amides is 2. The third-order valence-electron chi connectivity index (χ3n) is 9.93. The highest BCUT2D eigenvalue weighted by Crippen LogP contribution is 2.40. The van der Waals surface area contributed by atoms with E-state index in [1.807, 2.05) is 11.9 Å². The molecule has 5 aliphatic heterocycles. The Hall–Kier alpha value is -0.580. The average Bonchev–Trinajstić information content (AvgIpc) is 3.39. The van der Waals surface area contributed by atoms with Gasteiger partial charge in [-0.15, -0.1) is 0 Å². The lowest BCUT2D eigenvalue weighted by molar-refractivity contribution is 0.000853. The standard InChI is InChI=1S/C30H57N7OS/c1-29(2,3)14-8-16-35-17-18-36(28(35)38)25-13-12-23-20-32-39-26-11-6-10-24(33-26)31-15-7-9-22-19-30(4,5)37(21-22)27(23)34-25/h22-27,31-34H,6-21H2,1-5H3/t22-,23?,24?,25?,26?,27?/m0/s1. The normalized spacial score (nSPS) is 38.3. The molecule has 5 rings (SSSR count). The molecule has 5 saturated heterocycles. The van der Waals surface area contributed by atoms with E-state index in [-0.39, 0.29) is 17.7 Å². The monoisotopic (exact) mass is 563 g/mol. The molecule has 0 radical (unpaired) electrons.